The predicted octanol–water partition coefficient (Wildman–Crippen LogP) is 1.94. The maximum absolute atomic E-state index is 12.5. The number of hydrogen-bond acceptors (Lipinski definition) is 7. The molecule has 0 aliphatic carbocycles. The van der Waals surface area contributed by atoms with E-state index in [1.165, 1.54) is 61.9 Å². The summed E-state index contributed by atoms with van der Waals surface area (Å²) < 4.78 is 63.8. The lowest BCUT2D eigenvalue weighted by atomic mass is 10.2. The molecule has 1 amide bonds. The van der Waals surface area contributed by atoms with Gasteiger partial charge in [0.2, 0.25) is 20.0 Å². The van der Waals surface area contributed by atoms with Crippen molar-refractivity contribution in [2.24, 2.45) is 0 Å². The van der Waals surface area contributed by atoms with Crippen LogP contribution in [0.1, 0.15) is 16.1 Å². The lowest BCUT2D eigenvalue weighted by Gasteiger charge is -2.09. The second-order valence-electron chi connectivity index (χ2n) is 6.80. The van der Waals surface area contributed by atoms with Gasteiger partial charge in [-0.1, -0.05) is 0 Å². The molecule has 0 atom stereocenters. The van der Waals surface area contributed by atoms with Gasteiger partial charge in [0.1, 0.15) is 5.76 Å². The van der Waals surface area contributed by atoms with E-state index < -0.39 is 26.0 Å². The molecule has 1 aromatic heterocycles. The van der Waals surface area contributed by atoms with Crippen LogP contribution in [0.25, 0.3) is 0 Å². The van der Waals surface area contributed by atoms with E-state index in [0.717, 1.165) is 0 Å². The summed E-state index contributed by atoms with van der Waals surface area (Å²) in [6.45, 7) is 0.389. The number of benzene rings is 2. The van der Waals surface area contributed by atoms with E-state index in [1.807, 2.05) is 0 Å². The molecular formula is C21H23N3O7S2. The average molecular weight is 494 g/mol. The van der Waals surface area contributed by atoms with Crippen LogP contribution in [-0.4, -0.2) is 43.0 Å². The summed E-state index contributed by atoms with van der Waals surface area (Å²) in [5.74, 6) is -0.00420. The molecule has 3 rings (SSSR count). The number of methoxy groups -OCH3 is 1. The van der Waals surface area contributed by atoms with E-state index in [9.17, 15) is 21.6 Å². The molecule has 3 N–H and O–H groups in total. The molecule has 0 saturated carbocycles. The van der Waals surface area contributed by atoms with Crippen molar-refractivity contribution in [2.75, 3.05) is 25.6 Å². The lowest BCUT2D eigenvalue weighted by molar-refractivity contribution is 0.102. The smallest absolute Gasteiger partial charge is 0.255 e. The molecule has 0 aliphatic heterocycles. The van der Waals surface area contributed by atoms with Gasteiger partial charge >= 0.3 is 0 Å². The maximum Gasteiger partial charge on any atom is 0.255 e. The molecule has 0 unspecified atom stereocenters. The van der Waals surface area contributed by atoms with Crippen LogP contribution >= 0.6 is 0 Å². The SMILES string of the molecule is COCCNS(=O)(=O)c1ccc(NC(=O)c2ccc(S(=O)(=O)NCc3ccco3)cc2)cc1. The third-order valence-corrected chi connectivity index (χ3v) is 7.36. The Kier molecular flexibility index (Phi) is 8.00. The largest absolute Gasteiger partial charge is 0.468 e. The third-order valence-electron chi connectivity index (χ3n) is 4.46. The number of amides is 1. The van der Waals surface area contributed by atoms with Crippen molar-refractivity contribution in [1.29, 1.82) is 0 Å². The van der Waals surface area contributed by atoms with Gasteiger partial charge in [-0.05, 0) is 60.7 Å². The van der Waals surface area contributed by atoms with Crippen molar-refractivity contribution < 1.29 is 30.8 Å². The predicted molar refractivity (Wildman–Crippen MR) is 121 cm³/mol. The van der Waals surface area contributed by atoms with Crippen molar-refractivity contribution in [3.8, 4) is 0 Å². The van der Waals surface area contributed by atoms with Crippen LogP contribution in [-0.2, 0) is 31.3 Å². The fourth-order valence-corrected chi connectivity index (χ4v) is 4.74. The summed E-state index contributed by atoms with van der Waals surface area (Å²) in [5.41, 5.74) is 0.616. The van der Waals surface area contributed by atoms with E-state index in [-0.39, 0.29) is 35.1 Å². The Balaban J connectivity index is 1.61. The zero-order valence-corrected chi connectivity index (χ0v) is 19.3. The second-order valence-corrected chi connectivity index (χ2v) is 10.3. The van der Waals surface area contributed by atoms with Crippen LogP contribution < -0.4 is 14.8 Å². The number of ether oxygens (including phenoxy) is 1. The number of sulfonamides is 2. The first kappa shape index (κ1) is 24.6. The molecule has 176 valence electrons. The minimum absolute atomic E-state index is 0.00105. The van der Waals surface area contributed by atoms with Gasteiger partial charge in [0.15, 0.2) is 0 Å². The molecule has 1 heterocycles. The Morgan fingerprint density at radius 1 is 0.879 bits per heavy atom. The molecule has 0 spiro atoms. The summed E-state index contributed by atoms with van der Waals surface area (Å²) >= 11 is 0. The van der Waals surface area contributed by atoms with Crippen molar-refractivity contribution in [2.45, 2.75) is 16.3 Å². The van der Waals surface area contributed by atoms with Gasteiger partial charge in [-0.25, -0.2) is 26.3 Å². The average Bonchev–Trinajstić information content (AvgIpc) is 3.32. The summed E-state index contributed by atoms with van der Waals surface area (Å²) in [7, 11) is -5.99. The Morgan fingerprint density at radius 2 is 1.48 bits per heavy atom. The van der Waals surface area contributed by atoms with E-state index in [0.29, 0.717) is 11.4 Å². The maximum atomic E-state index is 12.5. The van der Waals surface area contributed by atoms with Crippen LogP contribution in [0.4, 0.5) is 5.69 Å². The molecule has 0 saturated heterocycles. The number of carbonyl (C=O) groups is 1. The zero-order valence-electron chi connectivity index (χ0n) is 17.6. The van der Waals surface area contributed by atoms with E-state index in [4.69, 9.17) is 9.15 Å². The number of carbonyl (C=O) groups excluding carboxylic acids is 1. The van der Waals surface area contributed by atoms with Crippen molar-refractivity contribution >= 4 is 31.6 Å². The van der Waals surface area contributed by atoms with E-state index in [1.54, 1.807) is 12.1 Å². The first-order chi connectivity index (χ1) is 15.7. The van der Waals surface area contributed by atoms with Crippen LogP contribution in [0.2, 0.25) is 0 Å². The highest BCUT2D eigenvalue weighted by Gasteiger charge is 2.16. The number of anilines is 1. The molecule has 0 aliphatic rings. The van der Waals surface area contributed by atoms with Crippen LogP contribution in [0.5, 0.6) is 0 Å². The third kappa shape index (κ3) is 6.73. The van der Waals surface area contributed by atoms with Crippen molar-refractivity contribution in [3.63, 3.8) is 0 Å². The fraction of sp³-hybridized carbons (Fsp3) is 0.190. The number of nitrogens with one attached hydrogen (secondary N) is 3. The molecule has 10 nitrogen and oxygen atoms in total. The van der Waals surface area contributed by atoms with Crippen LogP contribution in [0.15, 0.2) is 81.1 Å². The number of furan rings is 1. The monoisotopic (exact) mass is 493 g/mol. The highest BCUT2D eigenvalue weighted by molar-refractivity contribution is 7.89. The minimum Gasteiger partial charge on any atom is -0.468 e. The molecule has 3 aromatic rings. The Bertz CT molecular complexity index is 1270. The van der Waals surface area contributed by atoms with Gasteiger partial charge in [-0.15, -0.1) is 0 Å². The summed E-state index contributed by atoms with van der Waals surface area (Å²) in [6, 6.07) is 14.4. The van der Waals surface area contributed by atoms with Gasteiger partial charge in [-0.3, -0.25) is 4.79 Å². The van der Waals surface area contributed by atoms with Crippen LogP contribution in [0.3, 0.4) is 0 Å². The highest BCUT2D eigenvalue weighted by Crippen LogP contribution is 2.16. The summed E-state index contributed by atoms with van der Waals surface area (Å²) in [5, 5.41) is 2.64. The fourth-order valence-electron chi connectivity index (χ4n) is 2.73. The Morgan fingerprint density at radius 3 is 2.06 bits per heavy atom. The lowest BCUT2D eigenvalue weighted by Crippen LogP contribution is -2.27. The molecular weight excluding hydrogens is 470 g/mol. The van der Waals surface area contributed by atoms with Gasteiger partial charge in [0, 0.05) is 24.9 Å². The van der Waals surface area contributed by atoms with Crippen molar-refractivity contribution in [3.05, 3.63) is 78.3 Å². The standard InChI is InChI=1S/C21H23N3O7S2/c1-30-14-12-22-32(26,27)20-10-6-17(7-11-20)24-21(25)16-4-8-19(9-5-16)33(28,29)23-15-18-3-2-13-31-18/h2-11,13,22-23H,12,14-15H2,1H3,(H,24,25). The normalized spacial score (nSPS) is 11.9. The number of rotatable bonds is 11. The topological polar surface area (TPSA) is 144 Å². The second kappa shape index (κ2) is 10.7. The molecule has 0 radical (unpaired) electrons. The first-order valence-electron chi connectivity index (χ1n) is 9.73. The van der Waals surface area contributed by atoms with Gasteiger partial charge in [0.05, 0.1) is 29.2 Å². The van der Waals surface area contributed by atoms with Crippen LogP contribution in [0, 0.1) is 0 Å². The summed E-state index contributed by atoms with van der Waals surface area (Å²) in [6.07, 6.45) is 1.45. The quantitative estimate of drug-likeness (QED) is 0.346. The highest BCUT2D eigenvalue weighted by atomic mass is 32.2. The van der Waals surface area contributed by atoms with Gasteiger partial charge in [-0.2, -0.15) is 0 Å². The summed E-state index contributed by atoms with van der Waals surface area (Å²) in [4.78, 5) is 12.5. The molecule has 12 heteroatoms. The van der Waals surface area contributed by atoms with Crippen molar-refractivity contribution in [1.82, 2.24) is 9.44 Å². The Hall–Kier alpha value is -3.03. The zero-order chi connectivity index (χ0) is 23.9. The molecule has 0 fully saturated rings. The molecule has 0 bridgehead atoms. The first-order valence-corrected chi connectivity index (χ1v) is 12.7. The van der Waals surface area contributed by atoms with E-state index >= 15 is 0 Å². The molecule has 33 heavy (non-hydrogen) atoms. The molecule has 2 aromatic carbocycles. The van der Waals surface area contributed by atoms with E-state index in [2.05, 4.69) is 14.8 Å². The Labute approximate surface area is 192 Å². The number of hydrogen-bond donors (Lipinski definition) is 3. The minimum atomic E-state index is -3.78. The van der Waals surface area contributed by atoms with Gasteiger partial charge < -0.3 is 14.5 Å². The van der Waals surface area contributed by atoms with Gasteiger partial charge in [0.25, 0.3) is 5.91 Å².